The Morgan fingerprint density at radius 3 is 2.37 bits per heavy atom. The van der Waals surface area contributed by atoms with Gasteiger partial charge < -0.3 is 19.3 Å². The third kappa shape index (κ3) is 4.72. The van der Waals surface area contributed by atoms with Gasteiger partial charge in [0.15, 0.2) is 0 Å². The minimum absolute atomic E-state index is 0.0345. The maximum atomic E-state index is 13.5. The fourth-order valence-electron chi connectivity index (χ4n) is 4.89. The highest BCUT2D eigenvalue weighted by Crippen LogP contribution is 2.43. The topological polar surface area (TPSA) is 85.3 Å². The van der Waals surface area contributed by atoms with Crippen LogP contribution in [0.4, 0.5) is 5.69 Å². The number of ether oxygens (including phenoxy) is 3. The first-order chi connectivity index (χ1) is 18.3. The molecule has 1 fully saturated rings. The molecule has 2 aliphatic heterocycles. The van der Waals surface area contributed by atoms with E-state index in [-0.39, 0.29) is 17.4 Å². The van der Waals surface area contributed by atoms with Crippen molar-refractivity contribution >= 4 is 23.1 Å². The molecule has 1 amide bonds. The van der Waals surface area contributed by atoms with Crippen molar-refractivity contribution in [2.75, 3.05) is 18.6 Å². The first-order valence-corrected chi connectivity index (χ1v) is 12.7. The summed E-state index contributed by atoms with van der Waals surface area (Å²) in [6.07, 6.45) is 0.748. The molecule has 0 aliphatic carbocycles. The summed E-state index contributed by atoms with van der Waals surface area (Å²) in [6.45, 7) is 6.68. The second-order valence-corrected chi connectivity index (χ2v) is 10.1. The molecule has 3 aromatic carbocycles. The number of ketones is 1. The number of carbonyl (C=O) groups is 2. The first-order valence-electron chi connectivity index (χ1n) is 12.7. The Labute approximate surface area is 222 Å². The van der Waals surface area contributed by atoms with Crippen LogP contribution in [0.3, 0.4) is 0 Å². The molecule has 0 aromatic heterocycles. The van der Waals surface area contributed by atoms with Crippen LogP contribution in [0.15, 0.2) is 72.3 Å². The SMILES string of the molecule is COc1ccc(C2/C(=C(/O)c3ccc4c(c3)CC(C)O4)C(=O)C(=O)N2c2ccc(OCC(C)C)cc2)cc1. The zero-order valence-corrected chi connectivity index (χ0v) is 21.9. The Bertz CT molecular complexity index is 1390. The highest BCUT2D eigenvalue weighted by atomic mass is 16.5. The fourth-order valence-corrected chi connectivity index (χ4v) is 4.89. The summed E-state index contributed by atoms with van der Waals surface area (Å²) in [4.78, 5) is 28.3. The Balaban J connectivity index is 1.59. The van der Waals surface area contributed by atoms with Gasteiger partial charge in [-0.1, -0.05) is 26.0 Å². The number of anilines is 1. The van der Waals surface area contributed by atoms with Crippen LogP contribution in [-0.4, -0.2) is 36.6 Å². The number of benzene rings is 3. The number of fused-ring (bicyclic) bond motifs is 1. The number of nitrogens with zero attached hydrogens (tertiary/aromatic N) is 1. The molecule has 3 aromatic rings. The van der Waals surface area contributed by atoms with Crippen molar-refractivity contribution in [1.29, 1.82) is 0 Å². The number of aliphatic hydroxyl groups is 1. The van der Waals surface area contributed by atoms with Gasteiger partial charge in [0.1, 0.15) is 29.1 Å². The van der Waals surface area contributed by atoms with E-state index in [9.17, 15) is 14.7 Å². The van der Waals surface area contributed by atoms with E-state index in [1.165, 1.54) is 4.90 Å². The van der Waals surface area contributed by atoms with Crippen LogP contribution >= 0.6 is 0 Å². The molecule has 2 atom stereocenters. The second kappa shape index (κ2) is 10.2. The molecular weight excluding hydrogens is 482 g/mol. The fraction of sp³-hybridized carbons (Fsp3) is 0.290. The van der Waals surface area contributed by atoms with Crippen LogP contribution in [-0.2, 0) is 16.0 Å². The Morgan fingerprint density at radius 1 is 1.03 bits per heavy atom. The van der Waals surface area contributed by atoms with Gasteiger partial charge in [0.2, 0.25) is 0 Å². The van der Waals surface area contributed by atoms with Crippen molar-refractivity contribution in [2.45, 2.75) is 39.3 Å². The van der Waals surface area contributed by atoms with E-state index in [4.69, 9.17) is 14.2 Å². The van der Waals surface area contributed by atoms with Gasteiger partial charge in [0, 0.05) is 17.7 Å². The minimum atomic E-state index is -0.827. The molecule has 1 saturated heterocycles. The predicted molar refractivity (Wildman–Crippen MR) is 145 cm³/mol. The van der Waals surface area contributed by atoms with Crippen molar-refractivity contribution in [1.82, 2.24) is 0 Å². The molecule has 0 spiro atoms. The number of aliphatic hydroxyl groups excluding tert-OH is 1. The molecule has 0 bridgehead atoms. The smallest absolute Gasteiger partial charge is 0.300 e. The van der Waals surface area contributed by atoms with Crippen LogP contribution in [0.2, 0.25) is 0 Å². The number of rotatable bonds is 7. The molecular formula is C31H31NO6. The molecule has 0 saturated carbocycles. The van der Waals surface area contributed by atoms with Crippen LogP contribution in [0.25, 0.3) is 5.76 Å². The van der Waals surface area contributed by atoms with Crippen molar-refractivity contribution in [3.8, 4) is 17.2 Å². The van der Waals surface area contributed by atoms with Gasteiger partial charge in [-0.15, -0.1) is 0 Å². The monoisotopic (exact) mass is 513 g/mol. The van der Waals surface area contributed by atoms with Crippen molar-refractivity contribution < 1.29 is 28.9 Å². The lowest BCUT2D eigenvalue weighted by molar-refractivity contribution is -0.132. The van der Waals surface area contributed by atoms with E-state index in [1.807, 2.05) is 13.0 Å². The van der Waals surface area contributed by atoms with Crippen LogP contribution in [0.5, 0.6) is 17.2 Å². The van der Waals surface area contributed by atoms with Crippen LogP contribution in [0, 0.1) is 5.92 Å². The van der Waals surface area contributed by atoms with E-state index in [2.05, 4.69) is 13.8 Å². The van der Waals surface area contributed by atoms with Crippen molar-refractivity contribution in [3.63, 3.8) is 0 Å². The highest BCUT2D eigenvalue weighted by molar-refractivity contribution is 6.51. The number of amides is 1. The van der Waals surface area contributed by atoms with Gasteiger partial charge in [-0.05, 0) is 78.6 Å². The number of carbonyl (C=O) groups excluding carboxylic acids is 2. The largest absolute Gasteiger partial charge is 0.507 e. The Hall–Kier alpha value is -4.26. The highest BCUT2D eigenvalue weighted by Gasteiger charge is 2.47. The quantitative estimate of drug-likeness (QED) is 0.249. The van der Waals surface area contributed by atoms with Crippen molar-refractivity contribution in [2.24, 2.45) is 5.92 Å². The van der Waals surface area contributed by atoms with E-state index < -0.39 is 17.7 Å². The average molecular weight is 514 g/mol. The standard InChI is InChI=1S/C31H31NO6/c1-18(2)17-37-25-12-8-23(9-13-25)32-28(20-5-10-24(36-4)11-6-20)27(30(34)31(32)35)29(33)21-7-14-26-22(16-21)15-19(3)38-26/h5-14,16,18-19,28,33H,15,17H2,1-4H3/b29-27-. The summed E-state index contributed by atoms with van der Waals surface area (Å²) >= 11 is 0. The summed E-state index contributed by atoms with van der Waals surface area (Å²) in [5, 5.41) is 11.5. The lowest BCUT2D eigenvalue weighted by atomic mass is 9.94. The van der Waals surface area contributed by atoms with E-state index in [1.54, 1.807) is 67.8 Å². The molecule has 196 valence electrons. The lowest BCUT2D eigenvalue weighted by Gasteiger charge is -2.26. The third-order valence-corrected chi connectivity index (χ3v) is 6.74. The molecule has 1 N–H and O–H groups in total. The summed E-state index contributed by atoms with van der Waals surface area (Å²) in [6, 6.07) is 18.7. The van der Waals surface area contributed by atoms with E-state index in [0.29, 0.717) is 47.3 Å². The van der Waals surface area contributed by atoms with Gasteiger partial charge in [-0.25, -0.2) is 0 Å². The molecule has 7 nitrogen and oxygen atoms in total. The molecule has 2 aliphatic rings. The van der Waals surface area contributed by atoms with Gasteiger partial charge in [-0.2, -0.15) is 0 Å². The summed E-state index contributed by atoms with van der Waals surface area (Å²) in [7, 11) is 1.57. The zero-order valence-electron chi connectivity index (χ0n) is 21.9. The summed E-state index contributed by atoms with van der Waals surface area (Å²) < 4.78 is 16.9. The van der Waals surface area contributed by atoms with Gasteiger partial charge >= 0.3 is 0 Å². The maximum absolute atomic E-state index is 13.5. The summed E-state index contributed by atoms with van der Waals surface area (Å²) in [5.74, 6) is 0.790. The van der Waals surface area contributed by atoms with Crippen molar-refractivity contribution in [3.05, 3.63) is 89.0 Å². The van der Waals surface area contributed by atoms with Gasteiger partial charge in [0.25, 0.3) is 11.7 Å². The van der Waals surface area contributed by atoms with Crippen LogP contribution in [0.1, 0.15) is 43.5 Å². The maximum Gasteiger partial charge on any atom is 0.300 e. The Morgan fingerprint density at radius 2 is 1.71 bits per heavy atom. The lowest BCUT2D eigenvalue weighted by Crippen LogP contribution is -2.29. The number of hydrogen-bond donors (Lipinski definition) is 1. The van der Waals surface area contributed by atoms with E-state index >= 15 is 0 Å². The molecule has 38 heavy (non-hydrogen) atoms. The van der Waals surface area contributed by atoms with Gasteiger partial charge in [0.05, 0.1) is 25.3 Å². The van der Waals surface area contributed by atoms with Gasteiger partial charge in [-0.3, -0.25) is 14.5 Å². The minimum Gasteiger partial charge on any atom is -0.507 e. The van der Waals surface area contributed by atoms with Crippen LogP contribution < -0.4 is 19.1 Å². The average Bonchev–Trinajstić information content (AvgIpc) is 3.42. The molecule has 7 heteroatoms. The molecule has 2 unspecified atom stereocenters. The molecule has 2 heterocycles. The predicted octanol–water partition coefficient (Wildman–Crippen LogP) is 5.68. The molecule has 0 radical (unpaired) electrons. The molecule has 5 rings (SSSR count). The number of Topliss-reactive ketones (excluding diaryl/α,β-unsaturated/α-hetero) is 1. The third-order valence-electron chi connectivity index (χ3n) is 6.74. The second-order valence-electron chi connectivity index (χ2n) is 10.1. The zero-order chi connectivity index (χ0) is 27.0. The summed E-state index contributed by atoms with van der Waals surface area (Å²) in [5.41, 5.74) is 2.65. The number of hydrogen-bond acceptors (Lipinski definition) is 6. The Kier molecular flexibility index (Phi) is 6.85. The normalized spacial score (nSPS) is 20.0. The van der Waals surface area contributed by atoms with E-state index in [0.717, 1.165) is 11.3 Å². The first kappa shape index (κ1) is 25.4. The number of methoxy groups -OCH3 is 1.